The molecule has 0 spiro atoms. The van der Waals surface area contributed by atoms with Crippen LogP contribution in [0.4, 0.5) is 4.39 Å². The monoisotopic (exact) mass is 211 g/mol. The van der Waals surface area contributed by atoms with E-state index in [1.807, 2.05) is 0 Å². The van der Waals surface area contributed by atoms with Crippen LogP contribution in [0.1, 0.15) is 5.56 Å². The summed E-state index contributed by atoms with van der Waals surface area (Å²) >= 11 is 5.74. The van der Waals surface area contributed by atoms with E-state index >= 15 is 0 Å². The number of halogens is 2. The highest BCUT2D eigenvalue weighted by Crippen LogP contribution is 2.27. The maximum absolute atomic E-state index is 13.5. The van der Waals surface area contributed by atoms with Gasteiger partial charge in [-0.2, -0.15) is 5.26 Å². The van der Waals surface area contributed by atoms with Crippen molar-refractivity contribution >= 4 is 17.7 Å². The van der Waals surface area contributed by atoms with Gasteiger partial charge in [0.05, 0.1) is 18.2 Å². The molecule has 2 nitrogen and oxygen atoms in total. The minimum Gasteiger partial charge on any atom is -0.494 e. The maximum Gasteiger partial charge on any atom is 0.173 e. The standard InChI is InChI=1S/C10H7ClFNO/c1-14-9-5-4-8(11)7(10(9)12)3-2-6-13/h2-5H,1H3. The second kappa shape index (κ2) is 4.64. The summed E-state index contributed by atoms with van der Waals surface area (Å²) in [4.78, 5) is 0. The summed E-state index contributed by atoms with van der Waals surface area (Å²) in [5, 5.41) is 8.55. The molecule has 1 rings (SSSR count). The van der Waals surface area contributed by atoms with Crippen LogP contribution in [0, 0.1) is 17.1 Å². The number of ether oxygens (including phenoxy) is 1. The first-order valence-electron chi connectivity index (χ1n) is 3.79. The number of methoxy groups -OCH3 is 1. The smallest absolute Gasteiger partial charge is 0.173 e. The third-order valence-electron chi connectivity index (χ3n) is 1.64. The summed E-state index contributed by atoms with van der Waals surface area (Å²) < 4.78 is 18.3. The van der Waals surface area contributed by atoms with Crippen molar-refractivity contribution in [2.45, 2.75) is 0 Å². The second-order valence-corrected chi connectivity index (χ2v) is 2.85. The van der Waals surface area contributed by atoms with Crippen molar-refractivity contribution in [3.63, 3.8) is 0 Å². The highest BCUT2D eigenvalue weighted by molar-refractivity contribution is 6.32. The predicted octanol–water partition coefficient (Wildman–Crippen LogP) is 3.02. The molecule has 0 amide bonds. The van der Waals surface area contributed by atoms with Gasteiger partial charge in [0.2, 0.25) is 0 Å². The van der Waals surface area contributed by atoms with Crippen LogP contribution in [0.3, 0.4) is 0 Å². The highest BCUT2D eigenvalue weighted by atomic mass is 35.5. The van der Waals surface area contributed by atoms with E-state index in [-0.39, 0.29) is 16.3 Å². The van der Waals surface area contributed by atoms with Gasteiger partial charge in [0.1, 0.15) is 0 Å². The van der Waals surface area contributed by atoms with Crippen LogP contribution in [0.15, 0.2) is 18.2 Å². The number of benzene rings is 1. The Morgan fingerprint density at radius 3 is 2.86 bits per heavy atom. The van der Waals surface area contributed by atoms with Crippen LogP contribution in [0.2, 0.25) is 5.02 Å². The average molecular weight is 212 g/mol. The van der Waals surface area contributed by atoms with Crippen LogP contribution < -0.4 is 4.74 Å². The molecule has 0 aliphatic carbocycles. The number of hydrogen-bond donors (Lipinski definition) is 0. The van der Waals surface area contributed by atoms with Crippen LogP contribution >= 0.6 is 11.6 Å². The average Bonchev–Trinajstić information content (AvgIpc) is 2.18. The molecule has 1 aromatic carbocycles. The van der Waals surface area contributed by atoms with Crippen LogP contribution in [0.25, 0.3) is 6.08 Å². The van der Waals surface area contributed by atoms with Crippen molar-refractivity contribution in [3.8, 4) is 11.8 Å². The predicted molar refractivity (Wildman–Crippen MR) is 52.6 cm³/mol. The Morgan fingerprint density at radius 1 is 1.57 bits per heavy atom. The molecule has 0 saturated carbocycles. The lowest BCUT2D eigenvalue weighted by atomic mass is 10.2. The van der Waals surface area contributed by atoms with Crippen molar-refractivity contribution < 1.29 is 9.13 Å². The molecule has 1 aromatic rings. The van der Waals surface area contributed by atoms with Crippen molar-refractivity contribution in [3.05, 3.63) is 34.6 Å². The lowest BCUT2D eigenvalue weighted by Gasteiger charge is -2.05. The number of hydrogen-bond acceptors (Lipinski definition) is 2. The van der Waals surface area contributed by atoms with Gasteiger partial charge in [0, 0.05) is 11.6 Å². The SMILES string of the molecule is COc1ccc(Cl)c(C=CC#N)c1F. The minimum absolute atomic E-state index is 0.104. The fraction of sp³-hybridized carbons (Fsp3) is 0.100. The van der Waals surface area contributed by atoms with Crippen LogP contribution in [-0.4, -0.2) is 7.11 Å². The van der Waals surface area contributed by atoms with Gasteiger partial charge in [0.15, 0.2) is 11.6 Å². The molecule has 0 unspecified atom stereocenters. The number of allylic oxidation sites excluding steroid dienone is 1. The lowest BCUT2D eigenvalue weighted by molar-refractivity contribution is 0.386. The largest absolute Gasteiger partial charge is 0.494 e. The molecule has 4 heteroatoms. The van der Waals surface area contributed by atoms with Crippen molar-refractivity contribution in [2.24, 2.45) is 0 Å². The van der Waals surface area contributed by atoms with E-state index in [9.17, 15) is 4.39 Å². The van der Waals surface area contributed by atoms with Crippen molar-refractivity contribution in [1.82, 2.24) is 0 Å². The zero-order chi connectivity index (χ0) is 10.6. The van der Waals surface area contributed by atoms with Crippen LogP contribution in [-0.2, 0) is 0 Å². The first kappa shape index (κ1) is 10.6. The molecule has 72 valence electrons. The Kier molecular flexibility index (Phi) is 3.49. The Morgan fingerprint density at radius 2 is 2.29 bits per heavy atom. The Balaban J connectivity index is 3.26. The van der Waals surface area contributed by atoms with Crippen molar-refractivity contribution in [1.29, 1.82) is 5.26 Å². The first-order chi connectivity index (χ1) is 6.70. The summed E-state index contributed by atoms with van der Waals surface area (Å²) in [6, 6.07) is 4.71. The highest BCUT2D eigenvalue weighted by Gasteiger charge is 2.09. The summed E-state index contributed by atoms with van der Waals surface area (Å²) in [5.74, 6) is -0.460. The summed E-state index contributed by atoms with van der Waals surface area (Å²) in [5.41, 5.74) is 0.160. The Hall–Kier alpha value is -1.53. The molecule has 0 aliphatic heterocycles. The zero-order valence-electron chi connectivity index (χ0n) is 7.42. The molecule has 0 saturated heterocycles. The van der Waals surface area contributed by atoms with Gasteiger partial charge < -0.3 is 4.74 Å². The van der Waals surface area contributed by atoms with E-state index in [1.165, 1.54) is 25.3 Å². The van der Waals surface area contributed by atoms with Crippen LogP contribution in [0.5, 0.6) is 5.75 Å². The number of nitrogens with zero attached hydrogens (tertiary/aromatic N) is 1. The quantitative estimate of drug-likeness (QED) is 0.705. The molecular formula is C10H7ClFNO. The third-order valence-corrected chi connectivity index (χ3v) is 1.97. The van der Waals surface area contributed by atoms with E-state index in [0.717, 1.165) is 6.08 Å². The van der Waals surface area contributed by atoms with Gasteiger partial charge in [-0.25, -0.2) is 4.39 Å². The molecule has 0 aromatic heterocycles. The molecule has 0 atom stereocenters. The summed E-state index contributed by atoms with van der Waals surface area (Å²) in [6.45, 7) is 0. The summed E-state index contributed by atoms with van der Waals surface area (Å²) in [7, 11) is 1.37. The first-order valence-corrected chi connectivity index (χ1v) is 4.16. The lowest BCUT2D eigenvalue weighted by Crippen LogP contribution is -1.91. The molecule has 0 fully saturated rings. The van der Waals surface area contributed by atoms with Gasteiger partial charge in [-0.1, -0.05) is 11.6 Å². The molecule has 0 heterocycles. The molecule has 0 bridgehead atoms. The topological polar surface area (TPSA) is 33.0 Å². The molecule has 0 aliphatic rings. The Labute approximate surface area is 86.2 Å². The normalized spacial score (nSPS) is 10.1. The van der Waals surface area contributed by atoms with E-state index < -0.39 is 5.82 Å². The maximum atomic E-state index is 13.5. The van der Waals surface area contributed by atoms with E-state index in [1.54, 1.807) is 6.07 Å². The van der Waals surface area contributed by atoms with Gasteiger partial charge in [-0.3, -0.25) is 0 Å². The molecular weight excluding hydrogens is 205 g/mol. The van der Waals surface area contributed by atoms with Gasteiger partial charge >= 0.3 is 0 Å². The van der Waals surface area contributed by atoms with E-state index in [4.69, 9.17) is 21.6 Å². The minimum atomic E-state index is -0.563. The fourth-order valence-electron chi connectivity index (χ4n) is 0.980. The van der Waals surface area contributed by atoms with Gasteiger partial charge in [-0.15, -0.1) is 0 Å². The third kappa shape index (κ3) is 2.04. The summed E-state index contributed by atoms with van der Waals surface area (Å²) in [6.07, 6.45) is 2.46. The Bertz CT molecular complexity index is 409. The van der Waals surface area contributed by atoms with Gasteiger partial charge in [-0.05, 0) is 18.2 Å². The fourth-order valence-corrected chi connectivity index (χ4v) is 1.19. The molecule has 0 N–H and O–H groups in total. The number of rotatable bonds is 2. The van der Waals surface area contributed by atoms with Crippen molar-refractivity contribution in [2.75, 3.05) is 7.11 Å². The number of nitriles is 1. The molecule has 0 radical (unpaired) electrons. The van der Waals surface area contributed by atoms with E-state index in [2.05, 4.69) is 0 Å². The van der Waals surface area contributed by atoms with E-state index in [0.29, 0.717) is 0 Å². The molecule has 14 heavy (non-hydrogen) atoms. The zero-order valence-corrected chi connectivity index (χ0v) is 8.18. The van der Waals surface area contributed by atoms with Gasteiger partial charge in [0.25, 0.3) is 0 Å². The second-order valence-electron chi connectivity index (χ2n) is 2.44.